The lowest BCUT2D eigenvalue weighted by molar-refractivity contribution is -0.124. The van der Waals surface area contributed by atoms with Gasteiger partial charge in [-0.1, -0.05) is 31.5 Å². The van der Waals surface area contributed by atoms with Crippen LogP contribution in [0.15, 0.2) is 42.5 Å². The van der Waals surface area contributed by atoms with Gasteiger partial charge in [-0.15, -0.1) is 0 Å². The molecule has 30 heavy (non-hydrogen) atoms. The number of hydrogen-bond acceptors (Lipinski definition) is 3. The largest absolute Gasteiger partial charge is 0.484 e. The van der Waals surface area contributed by atoms with Crippen LogP contribution in [0.3, 0.4) is 0 Å². The number of piperidine rings is 1. The molecular formula is C25H32N2O3. The maximum absolute atomic E-state index is 12.7. The number of nitrogens with zero attached hydrogens (tertiary/aromatic N) is 1. The van der Waals surface area contributed by atoms with Gasteiger partial charge in [0.05, 0.1) is 0 Å². The van der Waals surface area contributed by atoms with Crippen LogP contribution in [0, 0.1) is 13.8 Å². The molecule has 0 unspecified atom stereocenters. The number of likely N-dealkylation sites (tertiary alicyclic amines) is 1. The van der Waals surface area contributed by atoms with E-state index in [-0.39, 0.29) is 24.5 Å². The first-order chi connectivity index (χ1) is 14.5. The molecule has 0 atom stereocenters. The highest BCUT2D eigenvalue weighted by Crippen LogP contribution is 2.17. The first kappa shape index (κ1) is 21.9. The van der Waals surface area contributed by atoms with E-state index in [1.165, 1.54) is 11.1 Å². The predicted molar refractivity (Wildman–Crippen MR) is 119 cm³/mol. The van der Waals surface area contributed by atoms with Crippen LogP contribution in [0.25, 0.3) is 0 Å². The third kappa shape index (κ3) is 5.85. The summed E-state index contributed by atoms with van der Waals surface area (Å²) in [5.74, 6) is 0.656. The van der Waals surface area contributed by atoms with Gasteiger partial charge in [0.15, 0.2) is 6.61 Å². The second-order valence-corrected chi connectivity index (χ2v) is 8.12. The first-order valence-corrected chi connectivity index (χ1v) is 10.8. The Morgan fingerprint density at radius 1 is 1.03 bits per heavy atom. The van der Waals surface area contributed by atoms with Crippen molar-refractivity contribution in [1.29, 1.82) is 0 Å². The third-order valence-corrected chi connectivity index (χ3v) is 5.73. The molecule has 5 heteroatoms. The molecule has 0 aliphatic carbocycles. The summed E-state index contributed by atoms with van der Waals surface area (Å²) in [6.07, 6.45) is 3.67. The Hall–Kier alpha value is -2.82. The molecule has 5 nitrogen and oxygen atoms in total. The number of hydrogen-bond donors (Lipinski definition) is 1. The van der Waals surface area contributed by atoms with Crippen LogP contribution < -0.4 is 10.1 Å². The average molecular weight is 409 g/mol. The van der Waals surface area contributed by atoms with Gasteiger partial charge in [-0.3, -0.25) is 9.59 Å². The quantitative estimate of drug-likeness (QED) is 0.752. The molecule has 1 heterocycles. The van der Waals surface area contributed by atoms with Crippen molar-refractivity contribution in [2.75, 3.05) is 19.7 Å². The molecule has 2 aromatic rings. The van der Waals surface area contributed by atoms with E-state index in [1.54, 1.807) is 0 Å². The second kappa shape index (κ2) is 10.3. The van der Waals surface area contributed by atoms with Crippen LogP contribution in [-0.2, 0) is 11.2 Å². The summed E-state index contributed by atoms with van der Waals surface area (Å²) >= 11 is 0. The summed E-state index contributed by atoms with van der Waals surface area (Å²) in [5.41, 5.74) is 4.32. The maximum atomic E-state index is 12.7. The van der Waals surface area contributed by atoms with Crippen LogP contribution in [0.2, 0.25) is 0 Å². The molecule has 1 aliphatic rings. The molecule has 1 aliphatic heterocycles. The Labute approximate surface area is 179 Å². The van der Waals surface area contributed by atoms with Crippen molar-refractivity contribution < 1.29 is 14.3 Å². The highest BCUT2D eigenvalue weighted by atomic mass is 16.5. The monoisotopic (exact) mass is 408 g/mol. The standard InChI is InChI=1S/C25H32N2O3/c1-4-5-20-7-10-23(11-8-20)30-17-24(28)26-22-12-14-27(15-13-22)25(29)21-9-6-18(2)19(3)16-21/h6-11,16,22H,4-5,12-15,17H2,1-3H3,(H,26,28). The van der Waals surface area contributed by atoms with E-state index in [2.05, 4.69) is 12.2 Å². The van der Waals surface area contributed by atoms with Crippen molar-refractivity contribution in [2.45, 2.75) is 52.5 Å². The van der Waals surface area contributed by atoms with Crippen molar-refractivity contribution in [3.05, 3.63) is 64.7 Å². The number of ether oxygens (including phenoxy) is 1. The molecule has 3 rings (SSSR count). The zero-order valence-corrected chi connectivity index (χ0v) is 18.2. The molecule has 0 spiro atoms. The van der Waals surface area contributed by atoms with E-state index >= 15 is 0 Å². The first-order valence-electron chi connectivity index (χ1n) is 10.8. The number of benzene rings is 2. The minimum atomic E-state index is -0.119. The normalized spacial score (nSPS) is 14.4. The molecule has 2 aromatic carbocycles. The molecule has 0 aromatic heterocycles. The lowest BCUT2D eigenvalue weighted by Gasteiger charge is -2.32. The van der Waals surface area contributed by atoms with Gasteiger partial charge in [0, 0.05) is 24.7 Å². The number of rotatable bonds is 7. The Balaban J connectivity index is 1.42. The van der Waals surface area contributed by atoms with Crippen LogP contribution in [-0.4, -0.2) is 42.5 Å². The summed E-state index contributed by atoms with van der Waals surface area (Å²) < 4.78 is 5.60. The van der Waals surface area contributed by atoms with Crippen molar-refractivity contribution >= 4 is 11.8 Å². The lowest BCUT2D eigenvalue weighted by atomic mass is 10.0. The average Bonchev–Trinajstić information content (AvgIpc) is 2.75. The molecule has 0 saturated carbocycles. The van der Waals surface area contributed by atoms with Gasteiger partial charge in [0.25, 0.3) is 11.8 Å². The minimum absolute atomic E-state index is 0.00884. The fourth-order valence-corrected chi connectivity index (χ4v) is 3.74. The predicted octanol–water partition coefficient (Wildman–Crippen LogP) is 4.06. The smallest absolute Gasteiger partial charge is 0.258 e. The second-order valence-electron chi connectivity index (χ2n) is 8.12. The highest BCUT2D eigenvalue weighted by Gasteiger charge is 2.24. The van der Waals surface area contributed by atoms with Crippen molar-refractivity contribution in [3.8, 4) is 5.75 Å². The van der Waals surface area contributed by atoms with Gasteiger partial charge in [-0.05, 0) is 74.1 Å². The maximum Gasteiger partial charge on any atom is 0.258 e. The summed E-state index contributed by atoms with van der Waals surface area (Å²) in [6, 6.07) is 13.8. The van der Waals surface area contributed by atoms with Gasteiger partial charge in [0.2, 0.25) is 0 Å². The van der Waals surface area contributed by atoms with E-state index in [0.717, 1.165) is 36.8 Å². The summed E-state index contributed by atoms with van der Waals surface area (Å²) in [7, 11) is 0. The van der Waals surface area contributed by atoms with Crippen molar-refractivity contribution in [1.82, 2.24) is 10.2 Å². The van der Waals surface area contributed by atoms with Crippen LogP contribution >= 0.6 is 0 Å². The van der Waals surface area contributed by atoms with E-state index in [4.69, 9.17) is 4.74 Å². The van der Waals surface area contributed by atoms with Gasteiger partial charge < -0.3 is 15.0 Å². The SMILES string of the molecule is CCCc1ccc(OCC(=O)NC2CCN(C(=O)c3ccc(C)c(C)c3)CC2)cc1. The highest BCUT2D eigenvalue weighted by molar-refractivity contribution is 5.94. The molecule has 1 N–H and O–H groups in total. The van der Waals surface area contributed by atoms with E-state index in [1.807, 2.05) is 61.2 Å². The van der Waals surface area contributed by atoms with Crippen LogP contribution in [0.4, 0.5) is 0 Å². The number of carbonyl (C=O) groups is 2. The summed E-state index contributed by atoms with van der Waals surface area (Å²) in [5, 5.41) is 3.03. The summed E-state index contributed by atoms with van der Waals surface area (Å²) in [4.78, 5) is 26.9. The molecule has 0 bridgehead atoms. The molecule has 0 radical (unpaired) electrons. The van der Waals surface area contributed by atoms with E-state index in [0.29, 0.717) is 18.8 Å². The molecular weight excluding hydrogens is 376 g/mol. The summed E-state index contributed by atoms with van der Waals surface area (Å²) in [6.45, 7) is 7.53. The van der Waals surface area contributed by atoms with E-state index < -0.39 is 0 Å². The Bertz CT molecular complexity index is 868. The molecule has 1 fully saturated rings. The topological polar surface area (TPSA) is 58.6 Å². The van der Waals surface area contributed by atoms with Gasteiger partial charge in [0.1, 0.15) is 5.75 Å². The molecule has 160 valence electrons. The number of carbonyl (C=O) groups excluding carboxylic acids is 2. The minimum Gasteiger partial charge on any atom is -0.484 e. The Morgan fingerprint density at radius 2 is 1.73 bits per heavy atom. The lowest BCUT2D eigenvalue weighted by Crippen LogP contribution is -2.47. The Morgan fingerprint density at radius 3 is 2.37 bits per heavy atom. The van der Waals surface area contributed by atoms with E-state index in [9.17, 15) is 9.59 Å². The van der Waals surface area contributed by atoms with Crippen molar-refractivity contribution in [2.24, 2.45) is 0 Å². The van der Waals surface area contributed by atoms with Crippen LogP contribution in [0.1, 0.15) is 53.2 Å². The van der Waals surface area contributed by atoms with Crippen molar-refractivity contribution in [3.63, 3.8) is 0 Å². The zero-order valence-electron chi connectivity index (χ0n) is 18.2. The Kier molecular flexibility index (Phi) is 7.50. The fraction of sp³-hybridized carbons (Fsp3) is 0.440. The van der Waals surface area contributed by atoms with Gasteiger partial charge in [-0.2, -0.15) is 0 Å². The zero-order chi connectivity index (χ0) is 21.5. The molecule has 1 saturated heterocycles. The number of amides is 2. The van der Waals surface area contributed by atoms with Crippen LogP contribution in [0.5, 0.6) is 5.75 Å². The number of nitrogens with one attached hydrogen (secondary N) is 1. The molecule has 2 amide bonds. The van der Waals surface area contributed by atoms with Gasteiger partial charge >= 0.3 is 0 Å². The fourth-order valence-electron chi connectivity index (χ4n) is 3.74. The number of aryl methyl sites for hydroxylation is 3. The van der Waals surface area contributed by atoms with Gasteiger partial charge in [-0.25, -0.2) is 0 Å². The third-order valence-electron chi connectivity index (χ3n) is 5.73.